The van der Waals surface area contributed by atoms with E-state index in [1.165, 1.54) is 4.57 Å². The molecule has 0 spiro atoms. The van der Waals surface area contributed by atoms with Gasteiger partial charge in [-0.3, -0.25) is 19.0 Å². The van der Waals surface area contributed by atoms with Crippen molar-refractivity contribution in [1.29, 1.82) is 0 Å². The van der Waals surface area contributed by atoms with Gasteiger partial charge in [0, 0.05) is 26.3 Å². The van der Waals surface area contributed by atoms with Crippen LogP contribution in [0.1, 0.15) is 18.3 Å². The summed E-state index contributed by atoms with van der Waals surface area (Å²) in [5.74, 6) is 0.695. The molecule has 3 heterocycles. The molecule has 3 rings (SSSR count). The van der Waals surface area contributed by atoms with Gasteiger partial charge in [0.1, 0.15) is 5.82 Å². The van der Waals surface area contributed by atoms with Crippen LogP contribution in [0, 0.1) is 6.92 Å². The van der Waals surface area contributed by atoms with E-state index < -0.39 is 11.2 Å². The molecule has 9 heteroatoms. The van der Waals surface area contributed by atoms with Crippen molar-refractivity contribution < 1.29 is 0 Å². The number of fused-ring (bicyclic) bond motifs is 1. The van der Waals surface area contributed by atoms with Crippen LogP contribution in [0.25, 0.3) is 11.2 Å². The molecule has 2 N–H and O–H groups in total. The Hall–Kier alpha value is -2.68. The van der Waals surface area contributed by atoms with Gasteiger partial charge < -0.3 is 9.88 Å². The number of hydrogen-bond donors (Lipinski definition) is 2. The second-order valence-electron chi connectivity index (χ2n) is 6.10. The molecule has 3 aromatic rings. The van der Waals surface area contributed by atoms with E-state index >= 15 is 0 Å². The molecule has 3 aromatic heterocycles. The topological polar surface area (TPSA) is 103 Å². The molecule has 9 nitrogen and oxygen atoms in total. The maximum absolute atomic E-state index is 12.0. The first kappa shape index (κ1) is 16.2. The summed E-state index contributed by atoms with van der Waals surface area (Å²) in [6.07, 6.45) is 3.81. The Morgan fingerprint density at radius 2 is 2.04 bits per heavy atom. The first-order valence-electron chi connectivity index (χ1n) is 7.74. The fourth-order valence-corrected chi connectivity index (χ4v) is 2.69. The van der Waals surface area contributed by atoms with E-state index in [2.05, 4.69) is 27.3 Å². The van der Waals surface area contributed by atoms with Crippen molar-refractivity contribution in [2.45, 2.75) is 33.0 Å². The molecular formula is C15H21N7O2. The lowest BCUT2D eigenvalue weighted by atomic mass is 10.3. The van der Waals surface area contributed by atoms with Crippen LogP contribution in [-0.4, -0.2) is 34.9 Å². The number of aryl methyl sites for hydroxylation is 3. The number of imidazole rings is 1. The molecule has 0 aliphatic heterocycles. The second kappa shape index (κ2) is 6.08. The summed E-state index contributed by atoms with van der Waals surface area (Å²) < 4.78 is 4.94. The van der Waals surface area contributed by atoms with E-state index in [-0.39, 0.29) is 6.04 Å². The third kappa shape index (κ3) is 2.90. The van der Waals surface area contributed by atoms with Crippen molar-refractivity contribution in [3.05, 3.63) is 44.6 Å². The summed E-state index contributed by atoms with van der Waals surface area (Å²) in [4.78, 5) is 30.4. The monoisotopic (exact) mass is 331 g/mol. The van der Waals surface area contributed by atoms with Crippen LogP contribution in [-0.2, 0) is 27.2 Å². The maximum atomic E-state index is 12.0. The number of H-pyrrole nitrogens is 1. The number of nitrogens with one attached hydrogen (secondary N) is 2. The summed E-state index contributed by atoms with van der Waals surface area (Å²) in [5, 5.41) is 7.64. The molecule has 0 aliphatic rings. The number of rotatable bonds is 5. The SMILES string of the molecule is Cc1cnn(CC(C)NCc2nc3c(c(=O)[nH]c(=O)n3C)n2C)c1. The van der Waals surface area contributed by atoms with Gasteiger partial charge in [0.25, 0.3) is 5.56 Å². The highest BCUT2D eigenvalue weighted by molar-refractivity contribution is 5.70. The van der Waals surface area contributed by atoms with Gasteiger partial charge in [-0.2, -0.15) is 5.10 Å². The van der Waals surface area contributed by atoms with E-state index in [1.54, 1.807) is 18.7 Å². The van der Waals surface area contributed by atoms with Crippen molar-refractivity contribution in [3.8, 4) is 0 Å². The largest absolute Gasteiger partial charge is 0.329 e. The van der Waals surface area contributed by atoms with Gasteiger partial charge in [-0.25, -0.2) is 9.78 Å². The predicted molar refractivity (Wildman–Crippen MR) is 89.8 cm³/mol. The lowest BCUT2D eigenvalue weighted by molar-refractivity contribution is 0.443. The van der Waals surface area contributed by atoms with Gasteiger partial charge in [0.15, 0.2) is 11.2 Å². The molecule has 0 aliphatic carbocycles. The van der Waals surface area contributed by atoms with Crippen molar-refractivity contribution in [2.24, 2.45) is 14.1 Å². The summed E-state index contributed by atoms with van der Waals surface area (Å²) in [6.45, 7) is 5.28. The summed E-state index contributed by atoms with van der Waals surface area (Å²) >= 11 is 0. The summed E-state index contributed by atoms with van der Waals surface area (Å²) in [6, 6.07) is 0.172. The molecule has 0 saturated heterocycles. The van der Waals surface area contributed by atoms with E-state index in [9.17, 15) is 9.59 Å². The summed E-state index contributed by atoms with van der Waals surface area (Å²) in [5.41, 5.74) is 1.02. The van der Waals surface area contributed by atoms with Gasteiger partial charge in [-0.1, -0.05) is 0 Å². The quantitative estimate of drug-likeness (QED) is 0.665. The molecule has 0 saturated carbocycles. The third-order valence-electron chi connectivity index (χ3n) is 4.06. The normalized spacial score (nSPS) is 12.8. The van der Waals surface area contributed by atoms with Crippen LogP contribution < -0.4 is 16.6 Å². The molecule has 1 unspecified atom stereocenters. The number of aromatic amines is 1. The van der Waals surface area contributed by atoms with E-state index in [4.69, 9.17) is 0 Å². The smallest absolute Gasteiger partial charge is 0.324 e. The minimum absolute atomic E-state index is 0.172. The molecular weight excluding hydrogens is 310 g/mol. The number of aromatic nitrogens is 6. The van der Waals surface area contributed by atoms with E-state index in [0.29, 0.717) is 23.5 Å². The van der Waals surface area contributed by atoms with Gasteiger partial charge in [0.2, 0.25) is 0 Å². The average Bonchev–Trinajstić information content (AvgIpc) is 3.07. The Morgan fingerprint density at radius 3 is 2.71 bits per heavy atom. The zero-order chi connectivity index (χ0) is 17.4. The molecule has 0 bridgehead atoms. The Labute approximate surface area is 137 Å². The van der Waals surface area contributed by atoms with Crippen molar-refractivity contribution in [2.75, 3.05) is 0 Å². The van der Waals surface area contributed by atoms with Gasteiger partial charge in [0.05, 0.1) is 19.3 Å². The average molecular weight is 331 g/mol. The minimum Gasteiger partial charge on any atom is -0.324 e. The fraction of sp³-hybridized carbons (Fsp3) is 0.467. The summed E-state index contributed by atoms with van der Waals surface area (Å²) in [7, 11) is 3.36. The first-order chi connectivity index (χ1) is 11.4. The van der Waals surface area contributed by atoms with Crippen molar-refractivity contribution in [3.63, 3.8) is 0 Å². The predicted octanol–water partition coefficient (Wildman–Crippen LogP) is -0.356. The molecule has 0 amide bonds. The molecule has 128 valence electrons. The van der Waals surface area contributed by atoms with Crippen LogP contribution in [0.5, 0.6) is 0 Å². The number of hydrogen-bond acceptors (Lipinski definition) is 5. The van der Waals surface area contributed by atoms with Crippen LogP contribution in [0.3, 0.4) is 0 Å². The van der Waals surface area contributed by atoms with Crippen LogP contribution >= 0.6 is 0 Å². The molecule has 0 radical (unpaired) electrons. The highest BCUT2D eigenvalue weighted by atomic mass is 16.2. The molecule has 1 atom stereocenters. The Bertz CT molecular complexity index is 992. The number of nitrogens with zero attached hydrogens (tertiary/aromatic N) is 5. The standard InChI is InChI=1S/C15H21N7O2/c1-9-5-17-22(7-9)8-10(2)16-6-11-18-13-12(20(11)3)14(23)19-15(24)21(13)4/h5,7,10,16H,6,8H2,1-4H3,(H,19,23,24). The molecule has 24 heavy (non-hydrogen) atoms. The highest BCUT2D eigenvalue weighted by Gasteiger charge is 2.15. The lowest BCUT2D eigenvalue weighted by Crippen LogP contribution is -2.31. The van der Waals surface area contributed by atoms with Gasteiger partial charge in [-0.15, -0.1) is 0 Å². The fourth-order valence-electron chi connectivity index (χ4n) is 2.69. The minimum atomic E-state index is -0.465. The zero-order valence-corrected chi connectivity index (χ0v) is 14.2. The van der Waals surface area contributed by atoms with Gasteiger partial charge >= 0.3 is 5.69 Å². The van der Waals surface area contributed by atoms with Crippen LogP contribution in [0.2, 0.25) is 0 Å². The molecule has 0 fully saturated rings. The lowest BCUT2D eigenvalue weighted by Gasteiger charge is -2.13. The van der Waals surface area contributed by atoms with E-state index in [1.807, 2.05) is 24.0 Å². The van der Waals surface area contributed by atoms with Crippen molar-refractivity contribution >= 4 is 11.2 Å². The third-order valence-corrected chi connectivity index (χ3v) is 4.06. The second-order valence-corrected chi connectivity index (χ2v) is 6.10. The molecule has 0 aromatic carbocycles. The zero-order valence-electron chi connectivity index (χ0n) is 14.2. The highest BCUT2D eigenvalue weighted by Crippen LogP contribution is 2.08. The first-order valence-corrected chi connectivity index (χ1v) is 7.74. The van der Waals surface area contributed by atoms with Crippen LogP contribution in [0.15, 0.2) is 22.0 Å². The van der Waals surface area contributed by atoms with Gasteiger partial charge in [-0.05, 0) is 19.4 Å². The Kier molecular flexibility index (Phi) is 4.10. The maximum Gasteiger partial charge on any atom is 0.329 e. The van der Waals surface area contributed by atoms with Crippen molar-refractivity contribution in [1.82, 2.24) is 34.2 Å². The van der Waals surface area contributed by atoms with E-state index in [0.717, 1.165) is 12.1 Å². The Balaban J connectivity index is 1.79. The Morgan fingerprint density at radius 1 is 1.29 bits per heavy atom. The van der Waals surface area contributed by atoms with Crippen LogP contribution in [0.4, 0.5) is 0 Å².